The van der Waals surface area contributed by atoms with Crippen LogP contribution < -0.4 is 10.6 Å². The van der Waals surface area contributed by atoms with Gasteiger partial charge in [-0.1, -0.05) is 91.5 Å². The molecule has 2 heterocycles. The Morgan fingerprint density at radius 2 is 1.63 bits per heavy atom. The summed E-state index contributed by atoms with van der Waals surface area (Å²) >= 11 is 1.55. The van der Waals surface area contributed by atoms with Crippen molar-refractivity contribution >= 4 is 23.8 Å². The van der Waals surface area contributed by atoms with E-state index in [1.807, 2.05) is 72.8 Å². The average Bonchev–Trinajstić information content (AvgIpc) is 3.10. The summed E-state index contributed by atoms with van der Waals surface area (Å²) < 4.78 is 18.0. The van der Waals surface area contributed by atoms with Crippen LogP contribution in [0.15, 0.2) is 96.4 Å². The van der Waals surface area contributed by atoms with E-state index < -0.39 is 18.3 Å². The average molecular weight is 643 g/mol. The molecule has 5 rings (SSSR count). The van der Waals surface area contributed by atoms with Crippen molar-refractivity contribution in [2.45, 2.75) is 50.7 Å². The van der Waals surface area contributed by atoms with E-state index >= 15 is 0 Å². The molecule has 10 nitrogen and oxygen atoms in total. The van der Waals surface area contributed by atoms with Gasteiger partial charge in [-0.2, -0.15) is 0 Å². The SMILES string of the molecule is CCOC(=O)CNC(=O)NCc1ccccc1-c1ccc([C@H]2O[C@@H](CSc3ncccn3)[C@@H](C)[C@@H](c3ccc(CO)cc3)O2)cc1. The van der Waals surface area contributed by atoms with Crippen LogP contribution in [0.3, 0.4) is 0 Å². The van der Waals surface area contributed by atoms with Gasteiger partial charge in [-0.25, -0.2) is 14.8 Å². The minimum atomic E-state index is -0.602. The number of aliphatic hydroxyl groups excluding tert-OH is 1. The Balaban J connectivity index is 1.31. The summed E-state index contributed by atoms with van der Waals surface area (Å²) in [6.07, 6.45) is 2.49. The Hall–Kier alpha value is -4.29. The second kappa shape index (κ2) is 16.3. The van der Waals surface area contributed by atoms with Gasteiger partial charge in [-0.3, -0.25) is 4.79 Å². The molecule has 11 heteroatoms. The molecule has 46 heavy (non-hydrogen) atoms. The number of hydrogen-bond donors (Lipinski definition) is 3. The topological polar surface area (TPSA) is 132 Å². The highest BCUT2D eigenvalue weighted by atomic mass is 32.2. The van der Waals surface area contributed by atoms with Gasteiger partial charge in [0.05, 0.1) is 25.4 Å². The first-order valence-electron chi connectivity index (χ1n) is 15.2. The molecule has 0 unspecified atom stereocenters. The third-order valence-corrected chi connectivity index (χ3v) is 8.66. The summed E-state index contributed by atoms with van der Waals surface area (Å²) in [7, 11) is 0. The molecule has 1 aliphatic heterocycles. The highest BCUT2D eigenvalue weighted by Gasteiger charge is 2.38. The lowest BCUT2D eigenvalue weighted by Gasteiger charge is -2.41. The van der Waals surface area contributed by atoms with Crippen molar-refractivity contribution in [2.75, 3.05) is 18.9 Å². The van der Waals surface area contributed by atoms with Gasteiger partial charge in [-0.15, -0.1) is 0 Å². The number of rotatable bonds is 12. The maximum atomic E-state index is 12.3. The monoisotopic (exact) mass is 642 g/mol. The molecule has 1 aliphatic rings. The molecule has 1 aromatic heterocycles. The standard InChI is InChI=1S/C35H38N4O6S/c1-3-43-31(41)20-39-34(42)38-19-28-7-4-5-8-29(28)25-13-15-27(16-14-25)33-44-30(22-46-35-36-17-6-18-37-35)23(2)32(45-33)26-11-9-24(21-40)10-12-26/h4-18,23,30,32-33,40H,3,19-22H2,1-2H3,(H2,38,39,42)/t23-,30+,32+,33+/m1/s1. The van der Waals surface area contributed by atoms with Crippen LogP contribution in [0.5, 0.6) is 0 Å². The molecule has 3 aromatic carbocycles. The van der Waals surface area contributed by atoms with Crippen LogP contribution in [0.1, 0.15) is 48.5 Å². The van der Waals surface area contributed by atoms with Crippen molar-refractivity contribution in [3.63, 3.8) is 0 Å². The van der Waals surface area contributed by atoms with Crippen LogP contribution in [0.2, 0.25) is 0 Å². The summed E-state index contributed by atoms with van der Waals surface area (Å²) in [5, 5.41) is 15.5. The highest BCUT2D eigenvalue weighted by molar-refractivity contribution is 7.99. The lowest BCUT2D eigenvalue weighted by Crippen LogP contribution is -2.38. The summed E-state index contributed by atoms with van der Waals surface area (Å²) in [4.78, 5) is 32.5. The predicted octanol–water partition coefficient (Wildman–Crippen LogP) is 5.58. The number of amides is 2. The largest absolute Gasteiger partial charge is 0.465 e. The maximum Gasteiger partial charge on any atom is 0.325 e. The zero-order valence-electron chi connectivity index (χ0n) is 25.8. The fourth-order valence-electron chi connectivity index (χ4n) is 5.20. The molecule has 0 spiro atoms. The Morgan fingerprint density at radius 1 is 0.913 bits per heavy atom. The third kappa shape index (κ3) is 8.70. The molecule has 1 saturated heterocycles. The molecule has 1 fully saturated rings. The first-order chi connectivity index (χ1) is 22.4. The summed E-state index contributed by atoms with van der Waals surface area (Å²) in [6.45, 7) is 4.17. The van der Waals surface area contributed by atoms with Crippen LogP contribution >= 0.6 is 11.8 Å². The number of hydrogen-bond acceptors (Lipinski definition) is 9. The predicted molar refractivity (Wildman–Crippen MR) is 174 cm³/mol. The number of aromatic nitrogens is 2. The van der Waals surface area contributed by atoms with E-state index in [1.54, 1.807) is 37.1 Å². The van der Waals surface area contributed by atoms with Gasteiger partial charge < -0.3 is 30.0 Å². The van der Waals surface area contributed by atoms with Gasteiger partial charge in [0.15, 0.2) is 11.4 Å². The molecule has 2 amide bonds. The number of carbonyl (C=O) groups excluding carboxylic acids is 2. The summed E-state index contributed by atoms with van der Waals surface area (Å²) in [5.74, 6) is 0.211. The fourth-order valence-corrected chi connectivity index (χ4v) is 6.17. The van der Waals surface area contributed by atoms with Crippen molar-refractivity contribution < 1.29 is 28.9 Å². The second-order valence-electron chi connectivity index (χ2n) is 10.8. The first kappa shape index (κ1) is 33.1. The molecule has 3 N–H and O–H groups in total. The molecular weight excluding hydrogens is 604 g/mol. The molecule has 0 saturated carbocycles. The Bertz CT molecular complexity index is 1570. The molecule has 4 aromatic rings. The smallest absolute Gasteiger partial charge is 0.325 e. The number of esters is 1. The lowest BCUT2D eigenvalue weighted by molar-refractivity contribution is -0.268. The number of ether oxygens (including phenoxy) is 3. The minimum absolute atomic E-state index is 0.0162. The van der Waals surface area contributed by atoms with Crippen LogP contribution in [0, 0.1) is 5.92 Å². The van der Waals surface area contributed by atoms with Crippen molar-refractivity contribution in [3.8, 4) is 11.1 Å². The zero-order valence-corrected chi connectivity index (χ0v) is 26.6. The van der Waals surface area contributed by atoms with Crippen LogP contribution in [0.4, 0.5) is 4.79 Å². The van der Waals surface area contributed by atoms with E-state index in [0.717, 1.165) is 33.4 Å². The van der Waals surface area contributed by atoms with E-state index in [2.05, 4.69) is 27.5 Å². The van der Waals surface area contributed by atoms with Crippen LogP contribution in [0.25, 0.3) is 11.1 Å². The van der Waals surface area contributed by atoms with E-state index in [0.29, 0.717) is 10.9 Å². The number of thioether (sulfide) groups is 1. The van der Waals surface area contributed by atoms with Crippen molar-refractivity contribution in [1.82, 2.24) is 20.6 Å². The lowest BCUT2D eigenvalue weighted by atomic mass is 9.91. The Morgan fingerprint density at radius 3 is 2.35 bits per heavy atom. The van der Waals surface area contributed by atoms with E-state index in [4.69, 9.17) is 14.2 Å². The van der Waals surface area contributed by atoms with Gasteiger partial charge >= 0.3 is 12.0 Å². The quantitative estimate of drug-likeness (QED) is 0.103. The molecular formula is C35H38N4O6S. The minimum Gasteiger partial charge on any atom is -0.465 e. The van der Waals surface area contributed by atoms with Crippen molar-refractivity contribution in [1.29, 1.82) is 0 Å². The Labute approximate surface area is 272 Å². The summed E-state index contributed by atoms with van der Waals surface area (Å²) in [6, 6.07) is 25.1. The number of carbonyl (C=O) groups is 2. The van der Waals surface area contributed by atoms with Crippen molar-refractivity contribution in [2.24, 2.45) is 5.92 Å². The van der Waals surface area contributed by atoms with Crippen LogP contribution in [-0.2, 0) is 32.2 Å². The zero-order chi connectivity index (χ0) is 32.3. The molecule has 240 valence electrons. The van der Waals surface area contributed by atoms with Gasteiger partial charge in [0.25, 0.3) is 0 Å². The first-order valence-corrected chi connectivity index (χ1v) is 16.2. The normalized spacial score (nSPS) is 19.3. The fraction of sp³-hybridized carbons (Fsp3) is 0.314. The van der Waals surface area contributed by atoms with Crippen LogP contribution in [-0.4, -0.2) is 52.1 Å². The molecule has 0 bridgehead atoms. The number of nitrogens with zero attached hydrogens (tertiary/aromatic N) is 2. The molecule has 0 aliphatic carbocycles. The number of urea groups is 1. The van der Waals surface area contributed by atoms with E-state index in [9.17, 15) is 14.7 Å². The maximum absolute atomic E-state index is 12.3. The Kier molecular flexibility index (Phi) is 11.7. The molecule has 0 radical (unpaired) electrons. The molecule has 4 atom stereocenters. The third-order valence-electron chi connectivity index (χ3n) is 7.69. The number of benzene rings is 3. The van der Waals surface area contributed by atoms with Gasteiger partial charge in [0.1, 0.15) is 6.54 Å². The summed E-state index contributed by atoms with van der Waals surface area (Å²) in [5.41, 5.74) is 5.62. The second-order valence-corrected chi connectivity index (χ2v) is 11.8. The van der Waals surface area contributed by atoms with Gasteiger partial charge in [-0.05, 0) is 40.8 Å². The van der Waals surface area contributed by atoms with E-state index in [1.165, 1.54) is 0 Å². The van der Waals surface area contributed by atoms with Gasteiger partial charge in [0, 0.05) is 36.2 Å². The number of aliphatic hydroxyl groups is 1. The number of nitrogens with one attached hydrogen (secondary N) is 2. The van der Waals surface area contributed by atoms with E-state index in [-0.39, 0.29) is 44.4 Å². The van der Waals surface area contributed by atoms with Gasteiger partial charge in [0.2, 0.25) is 0 Å². The van der Waals surface area contributed by atoms with Crippen molar-refractivity contribution in [3.05, 3.63) is 114 Å². The highest BCUT2D eigenvalue weighted by Crippen LogP contribution is 2.43.